The van der Waals surface area contributed by atoms with Crippen LogP contribution in [0.4, 0.5) is 22.0 Å². The smallest absolute Gasteiger partial charge is 0.393 e. The van der Waals surface area contributed by atoms with Gasteiger partial charge in [0.25, 0.3) is 0 Å². The van der Waals surface area contributed by atoms with Crippen LogP contribution in [0, 0.1) is 11.8 Å². The van der Waals surface area contributed by atoms with Crippen molar-refractivity contribution in [3.8, 4) is 0 Å². The number of rotatable bonds is 4. The highest BCUT2D eigenvalue weighted by Crippen LogP contribution is 2.33. The Labute approximate surface area is 207 Å². The molecule has 0 aromatic carbocycles. The standard InChI is InChI=1S/C22H36F5N7O2/c1-34-10-15(19(33-34)22(25,26)27)20(36)30-21(28-12-4-2-11(23)3-5-12)29-18-9-17(31-32-18)14-7-6-13(35)8-16(14)24/h11-19,31-33,35H,2-10H2,1H3,(H2,28,29,30,36). The first-order valence-electron chi connectivity index (χ1n) is 12.7. The zero-order valence-electron chi connectivity index (χ0n) is 20.2. The van der Waals surface area contributed by atoms with Gasteiger partial charge in [0.2, 0.25) is 5.91 Å². The molecule has 4 aliphatic rings. The molecule has 2 aliphatic heterocycles. The highest BCUT2D eigenvalue weighted by atomic mass is 19.4. The minimum Gasteiger partial charge on any atom is -0.393 e. The minimum absolute atomic E-state index is 0.0219. The number of aliphatic hydroxyl groups is 1. The summed E-state index contributed by atoms with van der Waals surface area (Å²) in [7, 11) is 1.44. The molecule has 14 heteroatoms. The predicted octanol–water partition coefficient (Wildman–Crippen LogP) is 1.02. The van der Waals surface area contributed by atoms with Crippen molar-refractivity contribution < 1.29 is 31.9 Å². The van der Waals surface area contributed by atoms with Crippen LogP contribution in [0.15, 0.2) is 4.99 Å². The first-order chi connectivity index (χ1) is 17.0. The average molecular weight is 526 g/mol. The molecule has 0 aromatic heterocycles. The Morgan fingerprint density at radius 3 is 2.44 bits per heavy atom. The van der Waals surface area contributed by atoms with E-state index in [-0.39, 0.29) is 36.9 Å². The fourth-order valence-electron chi connectivity index (χ4n) is 5.68. The Kier molecular flexibility index (Phi) is 8.70. The summed E-state index contributed by atoms with van der Waals surface area (Å²) in [6.07, 6.45) is -4.64. The third-order valence-electron chi connectivity index (χ3n) is 7.67. The van der Waals surface area contributed by atoms with Gasteiger partial charge in [-0.25, -0.2) is 29.6 Å². The van der Waals surface area contributed by atoms with Gasteiger partial charge < -0.3 is 10.4 Å². The molecule has 4 rings (SSSR count). The van der Waals surface area contributed by atoms with Gasteiger partial charge in [-0.3, -0.25) is 15.5 Å². The molecule has 6 N–H and O–H groups in total. The summed E-state index contributed by atoms with van der Waals surface area (Å²) in [5, 5.41) is 16.6. The number of alkyl halides is 5. The van der Waals surface area contributed by atoms with Crippen LogP contribution in [0.5, 0.6) is 0 Å². The Morgan fingerprint density at radius 1 is 1.06 bits per heavy atom. The van der Waals surface area contributed by atoms with Gasteiger partial charge in [-0.05, 0) is 38.5 Å². The third-order valence-corrected chi connectivity index (χ3v) is 7.67. The topological polar surface area (TPSA) is 113 Å². The molecule has 0 bridgehead atoms. The van der Waals surface area contributed by atoms with Crippen molar-refractivity contribution in [2.24, 2.45) is 16.8 Å². The molecule has 36 heavy (non-hydrogen) atoms. The van der Waals surface area contributed by atoms with Crippen LogP contribution in [-0.2, 0) is 4.79 Å². The van der Waals surface area contributed by atoms with E-state index in [1.807, 2.05) is 0 Å². The van der Waals surface area contributed by atoms with Crippen LogP contribution in [0.25, 0.3) is 0 Å². The number of hydrogen-bond acceptors (Lipinski definition) is 7. The van der Waals surface area contributed by atoms with Crippen LogP contribution < -0.4 is 26.9 Å². The van der Waals surface area contributed by atoms with Crippen molar-refractivity contribution >= 4 is 11.9 Å². The number of aliphatic imine (C=N–C) groups is 1. The molecule has 206 valence electrons. The Bertz CT molecular complexity index is 795. The van der Waals surface area contributed by atoms with Crippen molar-refractivity contribution in [3.63, 3.8) is 0 Å². The van der Waals surface area contributed by atoms with Crippen LogP contribution >= 0.6 is 0 Å². The third kappa shape index (κ3) is 6.82. The van der Waals surface area contributed by atoms with Crippen molar-refractivity contribution in [2.45, 2.75) is 100 Å². The average Bonchev–Trinajstić information content (AvgIpc) is 3.42. The molecular formula is C22H36F5N7O2. The monoisotopic (exact) mass is 525 g/mol. The first-order valence-corrected chi connectivity index (χ1v) is 12.7. The van der Waals surface area contributed by atoms with Gasteiger partial charge in [-0.15, -0.1) is 0 Å². The molecule has 9 nitrogen and oxygen atoms in total. The zero-order valence-corrected chi connectivity index (χ0v) is 20.2. The highest BCUT2D eigenvalue weighted by molar-refractivity contribution is 5.98. The maximum absolute atomic E-state index is 14.5. The lowest BCUT2D eigenvalue weighted by atomic mass is 9.80. The fraction of sp³-hybridized carbons (Fsp3) is 0.909. The summed E-state index contributed by atoms with van der Waals surface area (Å²) < 4.78 is 68.6. The SMILES string of the molecule is CN1CC(C(=O)N/C(=N\C2CC(C3CCC(O)CC3F)NN2)NC2CCC(F)CC2)C(C(F)(F)F)N1. The van der Waals surface area contributed by atoms with E-state index in [4.69, 9.17) is 0 Å². The maximum Gasteiger partial charge on any atom is 0.405 e. The molecule has 7 unspecified atom stereocenters. The molecule has 0 aromatic rings. The number of nitrogens with zero attached hydrogens (tertiary/aromatic N) is 2. The van der Waals surface area contributed by atoms with Crippen LogP contribution in [0.3, 0.4) is 0 Å². The lowest BCUT2D eigenvalue weighted by molar-refractivity contribution is -0.168. The molecule has 4 fully saturated rings. The lowest BCUT2D eigenvalue weighted by Gasteiger charge is -2.32. The second-order valence-corrected chi connectivity index (χ2v) is 10.5. The van der Waals surface area contributed by atoms with Crippen LogP contribution in [0.1, 0.15) is 51.4 Å². The van der Waals surface area contributed by atoms with Gasteiger partial charge in [-0.2, -0.15) is 13.2 Å². The van der Waals surface area contributed by atoms with Crippen molar-refractivity contribution in [1.82, 2.24) is 31.9 Å². The number of guanidine groups is 1. The molecule has 7 atom stereocenters. The Morgan fingerprint density at radius 2 is 1.78 bits per heavy atom. The zero-order chi connectivity index (χ0) is 26.0. The summed E-state index contributed by atoms with van der Waals surface area (Å²) in [5.41, 5.74) is 8.29. The number of carbonyl (C=O) groups excluding carboxylic acids is 1. The lowest BCUT2D eigenvalue weighted by Crippen LogP contribution is -2.53. The molecule has 2 saturated heterocycles. The van der Waals surface area contributed by atoms with E-state index in [2.05, 4.69) is 31.9 Å². The number of carbonyl (C=O) groups is 1. The summed E-state index contributed by atoms with van der Waals surface area (Å²) in [6, 6.07) is -2.45. The largest absolute Gasteiger partial charge is 0.405 e. The van der Waals surface area contributed by atoms with E-state index < -0.39 is 48.7 Å². The van der Waals surface area contributed by atoms with E-state index in [0.717, 1.165) is 0 Å². The number of hydrogen-bond donors (Lipinski definition) is 6. The highest BCUT2D eigenvalue weighted by Gasteiger charge is 2.52. The minimum atomic E-state index is -4.61. The Balaban J connectivity index is 1.44. The number of nitrogens with one attached hydrogen (secondary N) is 5. The van der Waals surface area contributed by atoms with Crippen LogP contribution in [0.2, 0.25) is 0 Å². The summed E-state index contributed by atoms with van der Waals surface area (Å²) in [4.78, 5) is 17.5. The second-order valence-electron chi connectivity index (χ2n) is 10.5. The van der Waals surface area contributed by atoms with E-state index in [1.165, 1.54) is 12.1 Å². The van der Waals surface area contributed by atoms with Gasteiger partial charge in [0.1, 0.15) is 24.6 Å². The predicted molar refractivity (Wildman–Crippen MR) is 122 cm³/mol. The fourth-order valence-corrected chi connectivity index (χ4v) is 5.68. The second kappa shape index (κ2) is 11.4. The van der Waals surface area contributed by atoms with Gasteiger partial charge in [-0.1, -0.05) is 0 Å². The van der Waals surface area contributed by atoms with Gasteiger partial charge in [0.15, 0.2) is 5.96 Å². The number of halogens is 5. The van der Waals surface area contributed by atoms with Gasteiger partial charge in [0.05, 0.1) is 12.0 Å². The molecule has 2 saturated carbocycles. The number of hydrazine groups is 2. The summed E-state index contributed by atoms with van der Waals surface area (Å²) >= 11 is 0. The van der Waals surface area contributed by atoms with E-state index in [9.17, 15) is 31.9 Å². The normalized spacial score (nSPS) is 40.9. The molecule has 2 heterocycles. The van der Waals surface area contributed by atoms with E-state index >= 15 is 0 Å². The van der Waals surface area contributed by atoms with Crippen molar-refractivity contribution in [2.75, 3.05) is 13.6 Å². The van der Waals surface area contributed by atoms with Crippen LogP contribution in [-0.4, -0.2) is 84.5 Å². The Hall–Kier alpha value is -1.61. The van der Waals surface area contributed by atoms with Crippen molar-refractivity contribution in [1.29, 1.82) is 0 Å². The molecule has 0 spiro atoms. The molecular weight excluding hydrogens is 489 g/mol. The number of amides is 1. The van der Waals surface area contributed by atoms with Gasteiger partial charge in [0, 0.05) is 44.4 Å². The van der Waals surface area contributed by atoms with Gasteiger partial charge >= 0.3 is 6.18 Å². The molecule has 1 amide bonds. The molecule has 0 radical (unpaired) electrons. The quantitative estimate of drug-likeness (QED) is 0.185. The maximum atomic E-state index is 14.5. The number of aliphatic hydroxyl groups excluding tert-OH is 1. The van der Waals surface area contributed by atoms with Crippen molar-refractivity contribution in [3.05, 3.63) is 0 Å². The van der Waals surface area contributed by atoms with E-state index in [1.54, 1.807) is 0 Å². The van der Waals surface area contributed by atoms with E-state index in [0.29, 0.717) is 44.9 Å². The first kappa shape index (κ1) is 27.4. The summed E-state index contributed by atoms with van der Waals surface area (Å²) in [6.45, 7) is -0.132. The summed E-state index contributed by atoms with van der Waals surface area (Å²) in [5.74, 6) is -2.49. The molecule has 2 aliphatic carbocycles.